The first-order valence-corrected chi connectivity index (χ1v) is 11.1. The molecule has 0 amide bonds. The molecule has 7 heteroatoms. The highest BCUT2D eigenvalue weighted by atomic mass is 32.2. The summed E-state index contributed by atoms with van der Waals surface area (Å²) in [6.45, 7) is 3.40. The maximum atomic E-state index is 13.7. The Hall–Kier alpha value is -3.32. The maximum absolute atomic E-state index is 13.7. The molecule has 0 aliphatic carbocycles. The number of nitrogen functional groups attached to an aromatic ring is 1. The second kappa shape index (κ2) is 8.81. The highest BCUT2D eigenvalue weighted by Crippen LogP contribution is 2.37. The lowest BCUT2D eigenvalue weighted by molar-refractivity contribution is 0.0595. The third-order valence-electron chi connectivity index (χ3n) is 5.38. The summed E-state index contributed by atoms with van der Waals surface area (Å²) >= 11 is 0. The van der Waals surface area contributed by atoms with Gasteiger partial charge in [-0.3, -0.25) is 0 Å². The van der Waals surface area contributed by atoms with Gasteiger partial charge < -0.3 is 15.2 Å². The van der Waals surface area contributed by atoms with Crippen molar-refractivity contribution in [1.29, 1.82) is 0 Å². The number of carbonyl (C=O) groups excluding carboxylic acids is 1. The van der Waals surface area contributed by atoms with Crippen molar-refractivity contribution in [3.63, 3.8) is 0 Å². The van der Waals surface area contributed by atoms with E-state index in [0.717, 1.165) is 5.56 Å². The monoisotopic (exact) mass is 439 g/mol. The van der Waals surface area contributed by atoms with E-state index in [2.05, 4.69) is 0 Å². The molecule has 0 fully saturated rings. The highest BCUT2D eigenvalue weighted by molar-refractivity contribution is 7.91. The van der Waals surface area contributed by atoms with E-state index in [1.165, 1.54) is 26.4 Å². The van der Waals surface area contributed by atoms with E-state index in [1.54, 1.807) is 26.0 Å². The molecule has 0 aliphatic rings. The molecule has 0 saturated heterocycles. The van der Waals surface area contributed by atoms with Crippen LogP contribution in [0.25, 0.3) is 0 Å². The molecule has 0 saturated carbocycles. The summed E-state index contributed by atoms with van der Waals surface area (Å²) < 4.78 is 37.4. The van der Waals surface area contributed by atoms with Crippen LogP contribution in [0.5, 0.6) is 5.75 Å². The van der Waals surface area contributed by atoms with E-state index >= 15 is 0 Å². The number of rotatable bonds is 6. The lowest BCUT2D eigenvalue weighted by atomic mass is 9.91. The van der Waals surface area contributed by atoms with Gasteiger partial charge in [0.15, 0.2) is 0 Å². The van der Waals surface area contributed by atoms with E-state index < -0.39 is 15.8 Å². The fourth-order valence-corrected chi connectivity index (χ4v) is 5.34. The SMILES string of the molecule is COC(=O)c1c(Cc2ccccc2)c(C)c(N)c(C)c1S(=O)(=O)c1ccc(OC)cc1. The van der Waals surface area contributed by atoms with E-state index in [9.17, 15) is 13.2 Å². The molecule has 0 spiro atoms. The smallest absolute Gasteiger partial charge is 0.339 e. The Kier molecular flexibility index (Phi) is 6.36. The van der Waals surface area contributed by atoms with Crippen LogP contribution in [0, 0.1) is 13.8 Å². The van der Waals surface area contributed by atoms with Crippen LogP contribution >= 0.6 is 0 Å². The van der Waals surface area contributed by atoms with Gasteiger partial charge in [-0.15, -0.1) is 0 Å². The first-order valence-electron chi connectivity index (χ1n) is 9.65. The molecule has 3 rings (SSSR count). The van der Waals surface area contributed by atoms with Crippen molar-refractivity contribution >= 4 is 21.5 Å². The zero-order valence-electron chi connectivity index (χ0n) is 17.9. The predicted molar refractivity (Wildman–Crippen MR) is 119 cm³/mol. The van der Waals surface area contributed by atoms with Crippen LogP contribution in [0.3, 0.4) is 0 Å². The van der Waals surface area contributed by atoms with Gasteiger partial charge in [0.2, 0.25) is 9.84 Å². The zero-order valence-corrected chi connectivity index (χ0v) is 18.7. The van der Waals surface area contributed by atoms with Crippen molar-refractivity contribution in [1.82, 2.24) is 0 Å². The lowest BCUT2D eigenvalue weighted by Gasteiger charge is -2.21. The average molecular weight is 440 g/mol. The molecular formula is C24H25NO5S. The second-order valence-electron chi connectivity index (χ2n) is 7.18. The first-order chi connectivity index (χ1) is 14.7. The minimum Gasteiger partial charge on any atom is -0.497 e. The van der Waals surface area contributed by atoms with Gasteiger partial charge in [0, 0.05) is 5.69 Å². The van der Waals surface area contributed by atoms with Crippen molar-refractivity contribution in [2.75, 3.05) is 20.0 Å². The molecule has 6 nitrogen and oxygen atoms in total. The Balaban J connectivity index is 2.34. The standard InChI is InChI=1S/C24H25NO5S/c1-15-20(14-17-8-6-5-7-9-17)21(24(26)30-4)23(16(2)22(15)25)31(27,28)19-12-10-18(29-3)11-13-19/h5-13H,14,25H2,1-4H3. The molecular weight excluding hydrogens is 414 g/mol. The molecule has 0 heterocycles. The number of nitrogens with two attached hydrogens (primary N) is 1. The first kappa shape index (κ1) is 22.4. The molecule has 0 radical (unpaired) electrons. The zero-order chi connectivity index (χ0) is 22.8. The van der Waals surface area contributed by atoms with Crippen molar-refractivity contribution in [3.8, 4) is 5.75 Å². The summed E-state index contributed by atoms with van der Waals surface area (Å²) in [5.41, 5.74) is 9.14. The van der Waals surface area contributed by atoms with Crippen LogP contribution in [0.1, 0.15) is 32.6 Å². The summed E-state index contributed by atoms with van der Waals surface area (Å²) in [7, 11) is -1.34. The number of ether oxygens (including phenoxy) is 2. The summed E-state index contributed by atoms with van der Waals surface area (Å²) in [5.74, 6) is -0.193. The number of esters is 1. The molecule has 162 valence electrons. The van der Waals surface area contributed by atoms with Crippen LogP contribution in [-0.4, -0.2) is 28.6 Å². The van der Waals surface area contributed by atoms with E-state index in [1.807, 2.05) is 30.3 Å². The van der Waals surface area contributed by atoms with Crippen LogP contribution in [0.2, 0.25) is 0 Å². The average Bonchev–Trinajstić information content (AvgIpc) is 2.79. The third-order valence-corrected chi connectivity index (χ3v) is 7.32. The van der Waals surface area contributed by atoms with Crippen LogP contribution in [-0.2, 0) is 21.0 Å². The van der Waals surface area contributed by atoms with Crippen LogP contribution in [0.15, 0.2) is 64.4 Å². The minimum atomic E-state index is -4.07. The Labute approximate surface area is 182 Å². The number of benzene rings is 3. The molecule has 0 aliphatic heterocycles. The largest absolute Gasteiger partial charge is 0.497 e. The normalized spacial score (nSPS) is 11.2. The number of methoxy groups -OCH3 is 2. The van der Waals surface area contributed by atoms with E-state index in [4.69, 9.17) is 15.2 Å². The minimum absolute atomic E-state index is 0.0198. The molecule has 3 aromatic carbocycles. The lowest BCUT2D eigenvalue weighted by Crippen LogP contribution is -2.19. The Morgan fingerprint density at radius 3 is 2.10 bits per heavy atom. The maximum Gasteiger partial charge on any atom is 0.339 e. The molecule has 3 aromatic rings. The number of carbonyl (C=O) groups is 1. The van der Waals surface area contributed by atoms with Gasteiger partial charge in [-0.1, -0.05) is 30.3 Å². The topological polar surface area (TPSA) is 95.7 Å². The highest BCUT2D eigenvalue weighted by Gasteiger charge is 2.32. The summed E-state index contributed by atoms with van der Waals surface area (Å²) in [6.07, 6.45) is 0.340. The van der Waals surface area contributed by atoms with Gasteiger partial charge in [0.05, 0.1) is 29.6 Å². The van der Waals surface area contributed by atoms with Crippen molar-refractivity contribution in [2.45, 2.75) is 30.1 Å². The molecule has 2 N–H and O–H groups in total. The molecule has 0 aromatic heterocycles. The van der Waals surface area contributed by atoms with Crippen LogP contribution < -0.4 is 10.5 Å². The van der Waals surface area contributed by atoms with Gasteiger partial charge in [0.1, 0.15) is 5.75 Å². The summed E-state index contributed by atoms with van der Waals surface area (Å²) in [4.78, 5) is 12.8. The fraction of sp³-hybridized carbons (Fsp3) is 0.208. The van der Waals surface area contributed by atoms with Gasteiger partial charge in [-0.2, -0.15) is 0 Å². The van der Waals surface area contributed by atoms with Gasteiger partial charge in [0.25, 0.3) is 0 Å². The molecule has 31 heavy (non-hydrogen) atoms. The number of sulfone groups is 1. The quantitative estimate of drug-likeness (QED) is 0.459. The summed E-state index contributed by atoms with van der Waals surface area (Å²) in [5, 5.41) is 0. The molecule has 0 atom stereocenters. The Morgan fingerprint density at radius 1 is 0.935 bits per heavy atom. The van der Waals surface area contributed by atoms with Gasteiger partial charge in [-0.05, 0) is 66.8 Å². The van der Waals surface area contributed by atoms with Crippen molar-refractivity contribution in [2.24, 2.45) is 0 Å². The predicted octanol–water partition coefficient (Wildman–Crippen LogP) is 4.10. The molecule has 0 unspecified atom stereocenters. The van der Waals surface area contributed by atoms with Crippen molar-refractivity contribution < 1.29 is 22.7 Å². The van der Waals surface area contributed by atoms with E-state index in [-0.39, 0.29) is 15.4 Å². The van der Waals surface area contributed by atoms with E-state index in [0.29, 0.717) is 34.5 Å². The molecule has 0 bridgehead atoms. The van der Waals surface area contributed by atoms with Crippen molar-refractivity contribution in [3.05, 3.63) is 82.4 Å². The fourth-order valence-electron chi connectivity index (χ4n) is 3.63. The van der Waals surface area contributed by atoms with Gasteiger partial charge in [-0.25, -0.2) is 13.2 Å². The summed E-state index contributed by atoms with van der Waals surface area (Å²) in [6, 6.07) is 15.5. The third kappa shape index (κ3) is 4.14. The number of hydrogen-bond acceptors (Lipinski definition) is 6. The number of hydrogen-bond donors (Lipinski definition) is 1. The second-order valence-corrected chi connectivity index (χ2v) is 9.07. The Morgan fingerprint density at radius 2 is 1.55 bits per heavy atom. The van der Waals surface area contributed by atoms with Gasteiger partial charge >= 0.3 is 5.97 Å². The number of anilines is 1. The Bertz CT molecular complexity index is 1220. The van der Waals surface area contributed by atoms with Crippen LogP contribution in [0.4, 0.5) is 5.69 Å².